The molecule has 0 saturated carbocycles. The fraction of sp³-hybridized carbons (Fsp3) is 0.213. The molecule has 9 aromatic rings. The Morgan fingerprint density at radius 1 is 0.569 bits per heavy atom. The van der Waals surface area contributed by atoms with Gasteiger partial charge < -0.3 is 5.11 Å². The van der Waals surface area contributed by atoms with Crippen molar-refractivity contribution in [2.24, 2.45) is 0 Å². The molecule has 0 aliphatic rings. The summed E-state index contributed by atoms with van der Waals surface area (Å²) in [4.78, 5) is 10.4. The number of hydrogen-bond acceptors (Lipinski definition) is 3. The molecule has 7 aromatic carbocycles. The lowest BCUT2D eigenvalue weighted by molar-refractivity contribution is 0.448. The summed E-state index contributed by atoms with van der Waals surface area (Å²) in [6.07, 6.45) is 1.85. The van der Waals surface area contributed by atoms with Crippen molar-refractivity contribution in [3.63, 3.8) is 0 Å². The third-order valence-electron chi connectivity index (χ3n) is 12.4. The van der Waals surface area contributed by atoms with Crippen LogP contribution in [0.1, 0.15) is 100 Å². The minimum atomic E-state index is -2.59. The standard InChI is InChI=1S/C61H59N3O/c1-37(2)46-30-47(38(3)4)32-49(31-46)44-23-24-56(41(7)29-44)64-57-18-14-17-52(58(57)63-60(64)53-27-40(6)28-54(59(53)65)61(8,9)10)50-33-48(42-15-12-11-13-16-42)34-51(35-50)55-36-45(25-26-62-55)43-21-19-39(5)20-22-43/h11-38,65H,1-10H3/i7D3,37D,38D. The van der Waals surface area contributed by atoms with Crippen molar-refractivity contribution in [1.29, 1.82) is 0 Å². The van der Waals surface area contributed by atoms with E-state index in [1.807, 2.05) is 130 Å². The number of benzene rings is 7. The van der Waals surface area contributed by atoms with E-state index < -0.39 is 24.1 Å². The fourth-order valence-corrected chi connectivity index (χ4v) is 8.80. The molecule has 0 fully saturated rings. The van der Waals surface area contributed by atoms with Crippen LogP contribution in [0.3, 0.4) is 0 Å². The maximum Gasteiger partial charge on any atom is 0.149 e. The van der Waals surface area contributed by atoms with Crippen LogP contribution in [0.15, 0.2) is 158 Å². The summed E-state index contributed by atoms with van der Waals surface area (Å²) < 4.78 is 47.0. The lowest BCUT2D eigenvalue weighted by Crippen LogP contribution is -2.12. The van der Waals surface area contributed by atoms with Crippen molar-refractivity contribution in [2.75, 3.05) is 0 Å². The first kappa shape index (κ1) is 37.3. The third-order valence-corrected chi connectivity index (χ3v) is 12.4. The van der Waals surface area contributed by atoms with Gasteiger partial charge in [0, 0.05) is 29.7 Å². The van der Waals surface area contributed by atoms with Crippen molar-refractivity contribution in [3.8, 4) is 78.6 Å². The highest BCUT2D eigenvalue weighted by atomic mass is 16.3. The van der Waals surface area contributed by atoms with Gasteiger partial charge in [-0.1, -0.05) is 151 Å². The molecule has 65 heavy (non-hydrogen) atoms. The summed E-state index contributed by atoms with van der Waals surface area (Å²) in [6, 6.07) is 50.5. The molecule has 0 spiro atoms. The Bertz CT molecular complexity index is 3410. The van der Waals surface area contributed by atoms with Gasteiger partial charge in [-0.05, 0) is 154 Å². The van der Waals surface area contributed by atoms with Gasteiger partial charge >= 0.3 is 0 Å². The van der Waals surface area contributed by atoms with Gasteiger partial charge in [0.25, 0.3) is 0 Å². The van der Waals surface area contributed by atoms with Crippen LogP contribution in [-0.4, -0.2) is 19.6 Å². The normalized spacial score (nSPS) is 13.5. The number of phenolic OH excluding ortho intramolecular Hbond substituents is 1. The Morgan fingerprint density at radius 2 is 1.22 bits per heavy atom. The molecule has 2 aromatic heterocycles. The van der Waals surface area contributed by atoms with Gasteiger partial charge in [-0.3, -0.25) is 9.55 Å². The summed E-state index contributed by atoms with van der Waals surface area (Å²) >= 11 is 0. The molecule has 0 amide bonds. The first-order chi connectivity index (χ1) is 32.9. The van der Waals surface area contributed by atoms with Crippen LogP contribution in [0.25, 0.3) is 83.9 Å². The van der Waals surface area contributed by atoms with Crippen LogP contribution in [0.2, 0.25) is 0 Å². The SMILES string of the molecule is [2H]C([2H])([2H])c1cc(-c2cc(C([2H])(C)C)cc(C([2H])(C)C)c2)ccc1-n1c(-c2cc(C)cc(C(C)(C)C)c2O)nc2c(-c3cc(-c4ccccc4)cc(-c4cc(-c5ccc(C)cc5)ccn4)c3)cccc21. The van der Waals surface area contributed by atoms with E-state index in [1.165, 1.54) is 5.56 Å². The Kier molecular flexibility index (Phi) is 9.86. The van der Waals surface area contributed by atoms with Gasteiger partial charge in [-0.25, -0.2) is 4.98 Å². The Labute approximate surface area is 392 Å². The topological polar surface area (TPSA) is 50.9 Å². The molecule has 0 bridgehead atoms. The predicted octanol–water partition coefficient (Wildman–Crippen LogP) is 16.6. The summed E-state index contributed by atoms with van der Waals surface area (Å²) in [5.74, 6) is -1.45. The zero-order chi connectivity index (χ0) is 50.1. The molecule has 0 unspecified atom stereocenters. The summed E-state index contributed by atoms with van der Waals surface area (Å²) in [6.45, 7) is 14.9. The summed E-state index contributed by atoms with van der Waals surface area (Å²) in [7, 11) is 0. The second kappa shape index (κ2) is 17.2. The van der Waals surface area contributed by atoms with E-state index in [9.17, 15) is 5.11 Å². The van der Waals surface area contributed by atoms with Crippen molar-refractivity contribution >= 4 is 11.0 Å². The predicted molar refractivity (Wildman–Crippen MR) is 274 cm³/mol. The monoisotopic (exact) mass is 854 g/mol. The zero-order valence-corrected chi connectivity index (χ0v) is 38.8. The average molecular weight is 855 g/mol. The number of hydrogen-bond donors (Lipinski definition) is 1. The molecule has 9 rings (SSSR count). The molecule has 0 radical (unpaired) electrons. The number of nitrogens with zero attached hydrogens (tertiary/aromatic N) is 3. The van der Waals surface area contributed by atoms with E-state index in [2.05, 4.69) is 88.4 Å². The first-order valence-corrected chi connectivity index (χ1v) is 22.4. The van der Waals surface area contributed by atoms with E-state index >= 15 is 0 Å². The number of fused-ring (bicyclic) bond motifs is 1. The molecule has 2 heterocycles. The van der Waals surface area contributed by atoms with Gasteiger partial charge in [0.1, 0.15) is 11.6 Å². The molecule has 0 saturated heterocycles. The van der Waals surface area contributed by atoms with E-state index in [1.54, 1.807) is 6.07 Å². The molecule has 1 N–H and O–H groups in total. The summed E-state index contributed by atoms with van der Waals surface area (Å²) in [5.41, 5.74) is 15.2. The van der Waals surface area contributed by atoms with Crippen LogP contribution in [0, 0.1) is 20.7 Å². The number of aromatic nitrogens is 3. The molecule has 0 aliphatic carbocycles. The second-order valence-corrected chi connectivity index (χ2v) is 18.9. The maximum atomic E-state index is 12.3. The number of rotatable bonds is 9. The van der Waals surface area contributed by atoms with Gasteiger partial charge in [0.15, 0.2) is 0 Å². The number of pyridine rings is 1. The van der Waals surface area contributed by atoms with Gasteiger partial charge in [0.05, 0.1) is 28.0 Å². The second-order valence-electron chi connectivity index (χ2n) is 18.9. The average Bonchev–Trinajstić information content (AvgIpc) is 3.70. The van der Waals surface area contributed by atoms with Gasteiger partial charge in [0.2, 0.25) is 0 Å². The van der Waals surface area contributed by atoms with Crippen LogP contribution in [0.5, 0.6) is 5.75 Å². The molecule has 4 heteroatoms. The highest BCUT2D eigenvalue weighted by Crippen LogP contribution is 2.44. The fourth-order valence-electron chi connectivity index (χ4n) is 8.80. The first-order valence-electron chi connectivity index (χ1n) is 24.9. The number of phenols is 1. The van der Waals surface area contributed by atoms with Crippen molar-refractivity contribution in [1.82, 2.24) is 14.5 Å². The Hall–Kier alpha value is -7.04. The molecule has 0 aliphatic heterocycles. The van der Waals surface area contributed by atoms with E-state index in [0.29, 0.717) is 33.7 Å². The number of para-hydroxylation sites is 1. The molecular formula is C61H59N3O. The van der Waals surface area contributed by atoms with Crippen LogP contribution in [0.4, 0.5) is 0 Å². The summed E-state index contributed by atoms with van der Waals surface area (Å²) in [5, 5.41) is 12.3. The molecular weight excluding hydrogens is 791 g/mol. The van der Waals surface area contributed by atoms with Gasteiger partial charge in [-0.2, -0.15) is 0 Å². The smallest absolute Gasteiger partial charge is 0.149 e. The van der Waals surface area contributed by atoms with E-state index in [0.717, 1.165) is 72.5 Å². The highest BCUT2D eigenvalue weighted by molar-refractivity contribution is 5.98. The quantitative estimate of drug-likeness (QED) is 0.157. The minimum absolute atomic E-state index is 0.0801. The van der Waals surface area contributed by atoms with Crippen molar-refractivity contribution < 1.29 is 12.0 Å². The van der Waals surface area contributed by atoms with Crippen LogP contribution >= 0.6 is 0 Å². The Balaban J connectivity index is 1.32. The van der Waals surface area contributed by atoms with Crippen LogP contribution < -0.4 is 0 Å². The van der Waals surface area contributed by atoms with E-state index in [4.69, 9.17) is 16.8 Å². The largest absolute Gasteiger partial charge is 0.507 e. The Morgan fingerprint density at radius 3 is 1.91 bits per heavy atom. The van der Waals surface area contributed by atoms with E-state index in [-0.39, 0.29) is 11.3 Å². The molecule has 4 nitrogen and oxygen atoms in total. The highest BCUT2D eigenvalue weighted by Gasteiger charge is 2.26. The maximum absolute atomic E-state index is 12.3. The number of aromatic hydroxyl groups is 1. The van der Waals surface area contributed by atoms with Crippen LogP contribution in [-0.2, 0) is 5.41 Å². The zero-order valence-electron chi connectivity index (χ0n) is 43.8. The minimum Gasteiger partial charge on any atom is -0.507 e. The lowest BCUT2D eigenvalue weighted by atomic mass is 9.84. The lowest BCUT2D eigenvalue weighted by Gasteiger charge is -2.23. The number of imidazole rings is 1. The van der Waals surface area contributed by atoms with Crippen molar-refractivity contribution in [2.45, 2.75) is 86.4 Å². The third kappa shape index (κ3) is 8.54. The molecule has 324 valence electrons. The number of aryl methyl sites for hydroxylation is 3. The van der Waals surface area contributed by atoms with Crippen molar-refractivity contribution in [3.05, 3.63) is 191 Å². The van der Waals surface area contributed by atoms with Gasteiger partial charge in [-0.15, -0.1) is 0 Å². The molecule has 0 atom stereocenters.